The fourth-order valence-electron chi connectivity index (χ4n) is 2.94. The number of ether oxygens (including phenoxy) is 3. The van der Waals surface area contributed by atoms with Gasteiger partial charge in [-0.2, -0.15) is 0 Å². The molecule has 0 bridgehead atoms. The fourth-order valence-corrected chi connectivity index (χ4v) is 4.89. The van der Waals surface area contributed by atoms with E-state index < -0.39 is 23.2 Å². The van der Waals surface area contributed by atoms with Gasteiger partial charge in [-0.05, 0) is 82.7 Å². The Kier molecular flexibility index (Phi) is 8.23. The molecule has 0 N–H and O–H groups in total. The zero-order chi connectivity index (χ0) is 23.4. The monoisotopic (exact) mass is 631 g/mol. The molecule has 32 heavy (non-hydrogen) atoms. The van der Waals surface area contributed by atoms with E-state index in [1.165, 1.54) is 21.1 Å². The number of hydrogen-bond acceptors (Lipinski definition) is 7. The first-order valence-electron chi connectivity index (χ1n) is 9.34. The van der Waals surface area contributed by atoms with E-state index in [4.69, 9.17) is 9.47 Å². The molecule has 0 unspecified atom stereocenters. The minimum atomic E-state index is -0.998. The standard InChI is InChI=1S/C22H19BrINO6S/c1-12(21(27)30-3)25-20(26)18(32-22(25)28)10-14-8-16(24)19(17(9-14)29-2)31-11-13-4-6-15(23)7-5-13/h4-10,12H,11H2,1-3H3/b18-10+/t12-/m0/s1. The van der Waals surface area contributed by atoms with Gasteiger partial charge in [0.1, 0.15) is 12.6 Å². The Morgan fingerprint density at radius 2 is 1.91 bits per heavy atom. The van der Waals surface area contributed by atoms with Crippen molar-refractivity contribution in [3.63, 3.8) is 0 Å². The van der Waals surface area contributed by atoms with Crippen molar-refractivity contribution in [2.45, 2.75) is 19.6 Å². The Hall–Kier alpha value is -2.05. The van der Waals surface area contributed by atoms with E-state index in [-0.39, 0.29) is 4.91 Å². The summed E-state index contributed by atoms with van der Waals surface area (Å²) in [7, 11) is 2.75. The lowest BCUT2D eigenvalue weighted by Crippen LogP contribution is -2.42. The lowest BCUT2D eigenvalue weighted by Gasteiger charge is -2.18. The van der Waals surface area contributed by atoms with Crippen LogP contribution in [0.2, 0.25) is 0 Å². The highest BCUT2D eigenvalue weighted by molar-refractivity contribution is 14.1. The topological polar surface area (TPSA) is 82.1 Å². The third-order valence-electron chi connectivity index (χ3n) is 4.60. The Bertz CT molecular complexity index is 1090. The Morgan fingerprint density at radius 1 is 1.22 bits per heavy atom. The highest BCUT2D eigenvalue weighted by Crippen LogP contribution is 2.38. The van der Waals surface area contributed by atoms with E-state index in [1.807, 2.05) is 30.3 Å². The van der Waals surface area contributed by atoms with Crippen LogP contribution >= 0.6 is 50.3 Å². The van der Waals surface area contributed by atoms with E-state index in [2.05, 4.69) is 43.3 Å². The largest absolute Gasteiger partial charge is 0.493 e. The molecule has 1 heterocycles. The van der Waals surface area contributed by atoms with Gasteiger partial charge in [0, 0.05) is 4.47 Å². The van der Waals surface area contributed by atoms with Crippen molar-refractivity contribution in [3.05, 3.63) is 60.5 Å². The van der Waals surface area contributed by atoms with Crippen molar-refractivity contribution in [3.8, 4) is 11.5 Å². The van der Waals surface area contributed by atoms with Crippen LogP contribution in [0.3, 0.4) is 0 Å². The maximum absolute atomic E-state index is 12.7. The van der Waals surface area contributed by atoms with Crippen molar-refractivity contribution in [2.24, 2.45) is 0 Å². The van der Waals surface area contributed by atoms with Crippen molar-refractivity contribution < 1.29 is 28.6 Å². The van der Waals surface area contributed by atoms with Crippen LogP contribution in [0.15, 0.2) is 45.8 Å². The molecule has 1 fully saturated rings. The predicted octanol–water partition coefficient (Wildman–Crippen LogP) is 5.24. The molecule has 0 saturated carbocycles. The SMILES string of the molecule is COC(=O)[C@H](C)N1C(=O)S/C(=C/c2cc(I)c(OCc3ccc(Br)cc3)c(OC)c2)C1=O. The highest BCUT2D eigenvalue weighted by Gasteiger charge is 2.41. The predicted molar refractivity (Wildman–Crippen MR) is 133 cm³/mol. The molecule has 0 aromatic heterocycles. The molecular formula is C22H19BrINO6S. The minimum Gasteiger partial charge on any atom is -0.493 e. The average molecular weight is 632 g/mol. The van der Waals surface area contributed by atoms with Gasteiger partial charge in [-0.15, -0.1) is 0 Å². The van der Waals surface area contributed by atoms with Crippen molar-refractivity contribution >= 4 is 73.5 Å². The van der Waals surface area contributed by atoms with Crippen molar-refractivity contribution in [1.29, 1.82) is 0 Å². The summed E-state index contributed by atoms with van der Waals surface area (Å²) >= 11 is 6.32. The molecule has 2 aromatic rings. The van der Waals surface area contributed by atoms with E-state index in [0.717, 1.165) is 30.3 Å². The van der Waals surface area contributed by atoms with Crippen molar-refractivity contribution in [2.75, 3.05) is 14.2 Å². The number of halogens is 2. The van der Waals surface area contributed by atoms with E-state index in [9.17, 15) is 14.4 Å². The molecule has 1 atom stereocenters. The summed E-state index contributed by atoms with van der Waals surface area (Å²) in [5.41, 5.74) is 1.67. The summed E-state index contributed by atoms with van der Waals surface area (Å²) in [6.45, 7) is 1.82. The smallest absolute Gasteiger partial charge is 0.328 e. The third-order valence-corrected chi connectivity index (χ3v) is 6.81. The molecule has 3 rings (SSSR count). The average Bonchev–Trinajstić information content (AvgIpc) is 3.05. The third kappa shape index (κ3) is 5.46. The Morgan fingerprint density at radius 3 is 2.53 bits per heavy atom. The molecule has 0 spiro atoms. The Labute approximate surface area is 211 Å². The molecule has 7 nitrogen and oxygen atoms in total. The van der Waals surface area contributed by atoms with Gasteiger partial charge in [0.2, 0.25) is 0 Å². The molecule has 1 aliphatic rings. The lowest BCUT2D eigenvalue weighted by molar-refractivity contribution is -0.148. The number of rotatable bonds is 7. The second-order valence-electron chi connectivity index (χ2n) is 6.70. The summed E-state index contributed by atoms with van der Waals surface area (Å²) in [4.78, 5) is 37.9. The normalized spacial score (nSPS) is 15.8. The molecule has 1 saturated heterocycles. The molecule has 168 valence electrons. The summed E-state index contributed by atoms with van der Waals surface area (Å²) in [5.74, 6) is -0.109. The summed E-state index contributed by atoms with van der Waals surface area (Å²) in [6, 6.07) is 10.4. The van der Waals surface area contributed by atoms with Gasteiger partial charge in [0.25, 0.3) is 11.1 Å². The molecule has 0 radical (unpaired) electrons. The number of thioether (sulfide) groups is 1. The van der Waals surface area contributed by atoms with Gasteiger partial charge < -0.3 is 14.2 Å². The number of carbonyl (C=O) groups excluding carboxylic acids is 3. The molecule has 1 aliphatic heterocycles. The van der Waals surface area contributed by atoms with Gasteiger partial charge in [-0.3, -0.25) is 14.5 Å². The molecule has 2 amide bonds. The van der Waals surface area contributed by atoms with Crippen LogP contribution in [0.25, 0.3) is 6.08 Å². The highest BCUT2D eigenvalue weighted by atomic mass is 127. The second kappa shape index (κ2) is 10.7. The number of hydrogen-bond donors (Lipinski definition) is 0. The van der Waals surface area contributed by atoms with Crippen LogP contribution in [0.1, 0.15) is 18.1 Å². The van der Waals surface area contributed by atoms with E-state index in [0.29, 0.717) is 23.7 Å². The summed E-state index contributed by atoms with van der Waals surface area (Å²) in [5, 5.41) is -0.518. The zero-order valence-electron chi connectivity index (χ0n) is 17.4. The van der Waals surface area contributed by atoms with Gasteiger partial charge in [-0.1, -0.05) is 28.1 Å². The van der Waals surface area contributed by atoms with E-state index in [1.54, 1.807) is 12.1 Å². The van der Waals surface area contributed by atoms with Crippen LogP contribution in [0, 0.1) is 3.57 Å². The number of amides is 2. The number of carbonyl (C=O) groups is 3. The fraction of sp³-hybridized carbons (Fsp3) is 0.227. The second-order valence-corrected chi connectivity index (χ2v) is 9.77. The number of imide groups is 1. The molecular weight excluding hydrogens is 613 g/mol. The van der Waals surface area contributed by atoms with E-state index >= 15 is 0 Å². The van der Waals surface area contributed by atoms with Crippen LogP contribution in [-0.4, -0.2) is 42.3 Å². The summed E-state index contributed by atoms with van der Waals surface area (Å²) in [6.07, 6.45) is 1.60. The molecule has 10 heteroatoms. The number of benzene rings is 2. The maximum atomic E-state index is 12.7. The first kappa shape index (κ1) is 24.6. The number of methoxy groups -OCH3 is 2. The maximum Gasteiger partial charge on any atom is 0.328 e. The van der Waals surface area contributed by atoms with Crippen LogP contribution in [-0.2, 0) is 20.9 Å². The minimum absolute atomic E-state index is 0.215. The molecule has 2 aromatic carbocycles. The van der Waals surface area contributed by atoms with Crippen LogP contribution < -0.4 is 9.47 Å². The van der Waals surface area contributed by atoms with Gasteiger partial charge in [0.15, 0.2) is 11.5 Å². The van der Waals surface area contributed by atoms with Gasteiger partial charge in [0.05, 0.1) is 22.7 Å². The Balaban J connectivity index is 1.83. The summed E-state index contributed by atoms with van der Waals surface area (Å²) < 4.78 is 17.9. The number of esters is 1. The number of nitrogens with zero attached hydrogens (tertiary/aromatic N) is 1. The quantitative estimate of drug-likeness (QED) is 0.235. The first-order chi connectivity index (χ1) is 15.2. The first-order valence-corrected chi connectivity index (χ1v) is 12.0. The van der Waals surface area contributed by atoms with Gasteiger partial charge >= 0.3 is 5.97 Å². The van der Waals surface area contributed by atoms with Crippen molar-refractivity contribution in [1.82, 2.24) is 4.90 Å². The van der Waals surface area contributed by atoms with Gasteiger partial charge in [-0.25, -0.2) is 4.79 Å². The zero-order valence-corrected chi connectivity index (χ0v) is 21.9. The molecule has 0 aliphatic carbocycles. The van der Waals surface area contributed by atoms with Crippen LogP contribution in [0.5, 0.6) is 11.5 Å². The van der Waals surface area contributed by atoms with Crippen LogP contribution in [0.4, 0.5) is 4.79 Å². The lowest BCUT2D eigenvalue weighted by atomic mass is 10.1.